The van der Waals surface area contributed by atoms with Crippen molar-refractivity contribution in [3.63, 3.8) is 0 Å². The third kappa shape index (κ3) is 3.46. The predicted octanol–water partition coefficient (Wildman–Crippen LogP) is 3.57. The van der Waals surface area contributed by atoms with Crippen LogP contribution in [0.2, 0.25) is 0 Å². The van der Waals surface area contributed by atoms with Gasteiger partial charge in [0.05, 0.1) is 0 Å². The Morgan fingerprint density at radius 1 is 1.07 bits per heavy atom. The van der Waals surface area contributed by atoms with Gasteiger partial charge in [0.1, 0.15) is 0 Å². The zero-order chi connectivity index (χ0) is 21.4. The standard InChI is InChI=1S/C23H31N5O2/c1-5-6-7-8-13-26-21(29)19-20(25(4)23(26)30)24-22-27(14-17(3)15-28(19)22)18-11-9-16(2)10-12-18/h9-12,17H,5-8,13-15H2,1-4H3/t17-/m0/s1. The van der Waals surface area contributed by atoms with Gasteiger partial charge < -0.3 is 9.47 Å². The molecule has 1 aliphatic heterocycles. The minimum Gasteiger partial charge on any atom is -0.312 e. The van der Waals surface area contributed by atoms with Crippen molar-refractivity contribution in [3.05, 3.63) is 50.7 Å². The third-order valence-corrected chi connectivity index (χ3v) is 6.02. The summed E-state index contributed by atoms with van der Waals surface area (Å²) in [7, 11) is 1.71. The molecule has 0 radical (unpaired) electrons. The van der Waals surface area contributed by atoms with E-state index in [1.807, 2.05) is 4.57 Å². The van der Waals surface area contributed by atoms with Gasteiger partial charge in [0.15, 0.2) is 11.2 Å². The molecule has 0 saturated heterocycles. The lowest BCUT2D eigenvalue weighted by molar-refractivity contribution is 0.457. The summed E-state index contributed by atoms with van der Waals surface area (Å²) in [5.41, 5.74) is 2.75. The largest absolute Gasteiger partial charge is 0.332 e. The molecule has 0 saturated carbocycles. The number of anilines is 2. The van der Waals surface area contributed by atoms with Gasteiger partial charge in [-0.15, -0.1) is 0 Å². The molecule has 2 aromatic heterocycles. The number of benzene rings is 1. The molecule has 0 bridgehead atoms. The van der Waals surface area contributed by atoms with E-state index in [9.17, 15) is 9.59 Å². The van der Waals surface area contributed by atoms with Gasteiger partial charge >= 0.3 is 5.69 Å². The fraction of sp³-hybridized carbons (Fsp3) is 0.522. The molecule has 3 aromatic rings. The molecule has 0 fully saturated rings. The second-order valence-electron chi connectivity index (χ2n) is 8.60. The highest BCUT2D eigenvalue weighted by molar-refractivity contribution is 5.77. The molecule has 0 N–H and O–H groups in total. The highest BCUT2D eigenvalue weighted by Gasteiger charge is 2.29. The van der Waals surface area contributed by atoms with Crippen molar-refractivity contribution >= 4 is 22.8 Å². The molecule has 1 atom stereocenters. The maximum absolute atomic E-state index is 13.4. The van der Waals surface area contributed by atoms with Crippen molar-refractivity contribution in [1.29, 1.82) is 0 Å². The van der Waals surface area contributed by atoms with E-state index < -0.39 is 0 Å². The van der Waals surface area contributed by atoms with Gasteiger partial charge in [-0.1, -0.05) is 50.8 Å². The van der Waals surface area contributed by atoms with Crippen LogP contribution in [0, 0.1) is 12.8 Å². The first-order valence-electron chi connectivity index (χ1n) is 11.0. The normalized spacial score (nSPS) is 16.3. The van der Waals surface area contributed by atoms with Crippen LogP contribution in [-0.2, 0) is 20.1 Å². The van der Waals surface area contributed by atoms with Gasteiger partial charge in [0, 0.05) is 32.4 Å². The summed E-state index contributed by atoms with van der Waals surface area (Å²) in [5.74, 6) is 1.09. The van der Waals surface area contributed by atoms with Gasteiger partial charge in [-0.2, -0.15) is 4.98 Å². The Balaban J connectivity index is 1.86. The number of nitrogens with zero attached hydrogens (tertiary/aromatic N) is 5. The summed E-state index contributed by atoms with van der Waals surface area (Å²) in [5, 5.41) is 0. The number of imidazole rings is 1. The lowest BCUT2D eigenvalue weighted by atomic mass is 10.1. The van der Waals surface area contributed by atoms with E-state index in [1.54, 1.807) is 7.05 Å². The Bertz CT molecular complexity index is 1170. The maximum Gasteiger partial charge on any atom is 0.332 e. The summed E-state index contributed by atoms with van der Waals surface area (Å²) in [6.45, 7) is 8.40. The molecule has 0 amide bonds. The van der Waals surface area contributed by atoms with Gasteiger partial charge in [0.2, 0.25) is 5.95 Å². The third-order valence-electron chi connectivity index (χ3n) is 6.02. The Morgan fingerprint density at radius 2 is 1.80 bits per heavy atom. The molecule has 30 heavy (non-hydrogen) atoms. The average molecular weight is 410 g/mol. The highest BCUT2D eigenvalue weighted by atomic mass is 16.2. The number of aromatic nitrogens is 4. The van der Waals surface area contributed by atoms with Crippen molar-refractivity contribution in [2.24, 2.45) is 13.0 Å². The fourth-order valence-electron chi connectivity index (χ4n) is 4.34. The van der Waals surface area contributed by atoms with Crippen LogP contribution in [0.4, 0.5) is 11.6 Å². The Labute approximate surface area is 176 Å². The van der Waals surface area contributed by atoms with E-state index in [1.165, 1.54) is 14.7 Å². The number of rotatable bonds is 6. The molecule has 0 aliphatic carbocycles. The molecule has 7 heteroatoms. The topological polar surface area (TPSA) is 65.1 Å². The van der Waals surface area contributed by atoms with Crippen LogP contribution in [0.15, 0.2) is 33.9 Å². The quantitative estimate of drug-likeness (QED) is 0.584. The fourth-order valence-corrected chi connectivity index (χ4v) is 4.34. The van der Waals surface area contributed by atoms with E-state index in [4.69, 9.17) is 4.98 Å². The van der Waals surface area contributed by atoms with Crippen molar-refractivity contribution in [2.45, 2.75) is 59.5 Å². The first-order chi connectivity index (χ1) is 14.4. The van der Waals surface area contributed by atoms with E-state index >= 15 is 0 Å². The van der Waals surface area contributed by atoms with Crippen LogP contribution in [0.5, 0.6) is 0 Å². The first-order valence-corrected chi connectivity index (χ1v) is 11.0. The van der Waals surface area contributed by atoms with E-state index in [0.29, 0.717) is 23.6 Å². The number of unbranched alkanes of at least 4 members (excludes halogenated alkanes) is 3. The molecule has 1 aromatic carbocycles. The van der Waals surface area contributed by atoms with Crippen LogP contribution >= 0.6 is 0 Å². The summed E-state index contributed by atoms with van der Waals surface area (Å²) in [6, 6.07) is 8.34. The minimum absolute atomic E-state index is 0.221. The van der Waals surface area contributed by atoms with Crippen molar-refractivity contribution in [3.8, 4) is 0 Å². The Hall–Kier alpha value is -2.83. The molecule has 3 heterocycles. The van der Waals surface area contributed by atoms with E-state index in [2.05, 4.69) is 49.9 Å². The summed E-state index contributed by atoms with van der Waals surface area (Å²) < 4.78 is 4.93. The zero-order valence-corrected chi connectivity index (χ0v) is 18.4. The predicted molar refractivity (Wildman–Crippen MR) is 121 cm³/mol. The summed E-state index contributed by atoms with van der Waals surface area (Å²) in [4.78, 5) is 33.2. The number of hydrogen-bond donors (Lipinski definition) is 0. The van der Waals surface area contributed by atoms with E-state index in [-0.39, 0.29) is 11.2 Å². The van der Waals surface area contributed by atoms with Gasteiger partial charge in [-0.3, -0.25) is 13.9 Å². The molecular weight excluding hydrogens is 378 g/mol. The second-order valence-corrected chi connectivity index (χ2v) is 8.60. The van der Waals surface area contributed by atoms with Gasteiger partial charge in [-0.05, 0) is 31.4 Å². The SMILES string of the molecule is CCCCCCn1c(=O)c2c(nc3n2C[C@@H](C)CN3c2ccc(C)cc2)n(C)c1=O. The molecule has 4 rings (SSSR count). The summed E-state index contributed by atoms with van der Waals surface area (Å²) >= 11 is 0. The Kier molecular flexibility index (Phi) is 5.54. The summed E-state index contributed by atoms with van der Waals surface area (Å²) in [6.07, 6.45) is 4.09. The molecule has 1 aliphatic rings. The van der Waals surface area contributed by atoms with Gasteiger partial charge in [-0.25, -0.2) is 4.79 Å². The number of hydrogen-bond acceptors (Lipinski definition) is 4. The van der Waals surface area contributed by atoms with Crippen LogP contribution < -0.4 is 16.1 Å². The zero-order valence-electron chi connectivity index (χ0n) is 18.4. The van der Waals surface area contributed by atoms with Crippen molar-refractivity contribution in [1.82, 2.24) is 18.7 Å². The van der Waals surface area contributed by atoms with Crippen molar-refractivity contribution < 1.29 is 0 Å². The van der Waals surface area contributed by atoms with Crippen LogP contribution in [0.3, 0.4) is 0 Å². The minimum atomic E-state index is -0.283. The van der Waals surface area contributed by atoms with E-state index in [0.717, 1.165) is 50.4 Å². The number of aryl methyl sites for hydroxylation is 2. The number of fused-ring (bicyclic) bond motifs is 3. The molecule has 160 valence electrons. The van der Waals surface area contributed by atoms with Gasteiger partial charge in [0.25, 0.3) is 5.56 Å². The second kappa shape index (κ2) is 8.13. The van der Waals surface area contributed by atoms with Crippen LogP contribution in [0.25, 0.3) is 11.2 Å². The van der Waals surface area contributed by atoms with Crippen molar-refractivity contribution in [2.75, 3.05) is 11.4 Å². The molecular formula is C23H31N5O2. The average Bonchev–Trinajstić information content (AvgIpc) is 3.11. The monoisotopic (exact) mass is 409 g/mol. The lowest BCUT2D eigenvalue weighted by Crippen LogP contribution is -2.40. The highest BCUT2D eigenvalue weighted by Crippen LogP contribution is 2.32. The van der Waals surface area contributed by atoms with Crippen LogP contribution in [0.1, 0.15) is 45.1 Å². The van der Waals surface area contributed by atoms with Crippen LogP contribution in [-0.4, -0.2) is 25.2 Å². The smallest absolute Gasteiger partial charge is 0.312 e. The molecule has 0 spiro atoms. The Morgan fingerprint density at radius 3 is 2.50 bits per heavy atom. The maximum atomic E-state index is 13.4. The molecule has 0 unspecified atom stereocenters. The first kappa shape index (κ1) is 20.4. The molecule has 7 nitrogen and oxygen atoms in total. The lowest BCUT2D eigenvalue weighted by Gasteiger charge is -2.33.